The highest BCUT2D eigenvalue weighted by Gasteiger charge is 2.20. The zero-order valence-corrected chi connectivity index (χ0v) is 55.3. The van der Waals surface area contributed by atoms with Crippen LogP contribution in [0.5, 0.6) is 0 Å². The molecule has 2 atom stereocenters. The fraction of sp³-hybridized carbons (Fsp3) is 0.947. The molecule has 3 N–H and O–H groups in total. The number of hydrogen-bond acceptors (Lipinski definition) is 5. The van der Waals surface area contributed by atoms with Crippen molar-refractivity contribution in [1.29, 1.82) is 0 Å². The molecule has 0 radical (unpaired) electrons. The predicted octanol–water partition coefficient (Wildman–Crippen LogP) is 24.3. The minimum atomic E-state index is -0.669. The Labute approximate surface area is 508 Å². The number of amides is 1. The van der Waals surface area contributed by atoms with E-state index in [0.29, 0.717) is 25.9 Å². The van der Waals surface area contributed by atoms with Crippen molar-refractivity contribution in [3.05, 3.63) is 12.2 Å². The lowest BCUT2D eigenvalue weighted by atomic mass is 10.0. The number of carbonyl (C=O) groups is 2. The molecule has 0 saturated heterocycles. The third kappa shape index (κ3) is 67.6. The molecule has 2 unspecified atom stereocenters. The Bertz CT molecular complexity index is 1220. The quantitative estimate of drug-likeness (QED) is 0.0320. The van der Waals surface area contributed by atoms with E-state index >= 15 is 0 Å². The Morgan fingerprint density at radius 3 is 0.877 bits per heavy atom. The van der Waals surface area contributed by atoms with Crippen LogP contribution in [-0.4, -0.2) is 47.4 Å². The van der Waals surface area contributed by atoms with E-state index in [1.165, 1.54) is 360 Å². The summed E-state index contributed by atoms with van der Waals surface area (Å²) in [5, 5.41) is 23.5. The van der Waals surface area contributed by atoms with Gasteiger partial charge >= 0.3 is 5.97 Å². The minimum absolute atomic E-state index is 0.0169. The first-order valence-corrected chi connectivity index (χ1v) is 37.4. The van der Waals surface area contributed by atoms with E-state index < -0.39 is 12.1 Å². The molecular formula is C75H147NO5. The van der Waals surface area contributed by atoms with Crippen molar-refractivity contribution in [2.45, 2.75) is 443 Å². The summed E-state index contributed by atoms with van der Waals surface area (Å²) in [5.74, 6) is -0.0187. The van der Waals surface area contributed by atoms with E-state index in [4.69, 9.17) is 4.74 Å². The molecule has 1 amide bonds. The summed E-state index contributed by atoms with van der Waals surface area (Å²) >= 11 is 0. The lowest BCUT2D eigenvalue weighted by Crippen LogP contribution is -2.45. The number of aliphatic hydroxyl groups is 2. The smallest absolute Gasteiger partial charge is 0.305 e. The molecular weight excluding hydrogens is 995 g/mol. The number of esters is 1. The normalized spacial score (nSPS) is 12.5. The van der Waals surface area contributed by atoms with Gasteiger partial charge in [0.25, 0.3) is 0 Å². The van der Waals surface area contributed by atoms with Crippen LogP contribution in [0.2, 0.25) is 0 Å². The van der Waals surface area contributed by atoms with Gasteiger partial charge in [0.15, 0.2) is 0 Å². The number of aliphatic hydroxyl groups excluding tert-OH is 2. The molecule has 6 heteroatoms. The fourth-order valence-electron chi connectivity index (χ4n) is 12.1. The van der Waals surface area contributed by atoms with Gasteiger partial charge in [0.1, 0.15) is 0 Å². The maximum absolute atomic E-state index is 12.6. The SMILES string of the molecule is CCCCCCCCCCCCCCCCCCCCCCCCCCC(O)C(CO)NC(=O)CCCCCCCCC/C=C\CCCCCCCCCCCCCCOC(=O)CCCCCCCCCCCCCCCCCCC. The summed E-state index contributed by atoms with van der Waals surface area (Å²) in [5.41, 5.74) is 0. The highest BCUT2D eigenvalue weighted by atomic mass is 16.5. The number of allylic oxidation sites excluding steroid dienone is 2. The van der Waals surface area contributed by atoms with Gasteiger partial charge in [0.2, 0.25) is 5.91 Å². The first-order chi connectivity index (χ1) is 40.0. The van der Waals surface area contributed by atoms with Gasteiger partial charge in [-0.3, -0.25) is 9.59 Å². The first kappa shape index (κ1) is 79.6. The molecule has 81 heavy (non-hydrogen) atoms. The molecule has 0 saturated carbocycles. The fourth-order valence-corrected chi connectivity index (χ4v) is 12.1. The number of carbonyl (C=O) groups excluding carboxylic acids is 2. The molecule has 0 aromatic heterocycles. The van der Waals surface area contributed by atoms with Crippen LogP contribution >= 0.6 is 0 Å². The summed E-state index contributed by atoms with van der Waals surface area (Å²) in [6.07, 6.45) is 88.4. The minimum Gasteiger partial charge on any atom is -0.466 e. The molecule has 6 nitrogen and oxygen atoms in total. The van der Waals surface area contributed by atoms with Gasteiger partial charge in [-0.05, 0) is 51.4 Å². The Kier molecular flexibility index (Phi) is 69.9. The lowest BCUT2D eigenvalue weighted by molar-refractivity contribution is -0.143. The average Bonchev–Trinajstić information content (AvgIpc) is 3.47. The predicted molar refractivity (Wildman–Crippen MR) is 357 cm³/mol. The highest BCUT2D eigenvalue weighted by molar-refractivity contribution is 5.76. The van der Waals surface area contributed by atoms with Crippen LogP contribution in [-0.2, 0) is 14.3 Å². The number of nitrogens with one attached hydrogen (secondary N) is 1. The van der Waals surface area contributed by atoms with Crippen LogP contribution in [0.15, 0.2) is 12.2 Å². The molecule has 0 aromatic carbocycles. The Balaban J connectivity index is 3.39. The third-order valence-corrected chi connectivity index (χ3v) is 17.8. The van der Waals surface area contributed by atoms with Gasteiger partial charge in [-0.25, -0.2) is 0 Å². The second kappa shape index (κ2) is 71.1. The van der Waals surface area contributed by atoms with Gasteiger partial charge < -0.3 is 20.3 Å². The van der Waals surface area contributed by atoms with Gasteiger partial charge in [0.05, 0.1) is 25.4 Å². The largest absolute Gasteiger partial charge is 0.466 e. The van der Waals surface area contributed by atoms with Crippen molar-refractivity contribution in [2.24, 2.45) is 0 Å². The van der Waals surface area contributed by atoms with Crippen LogP contribution in [0.25, 0.3) is 0 Å². The number of ether oxygens (including phenoxy) is 1. The molecule has 0 aromatic rings. The lowest BCUT2D eigenvalue weighted by Gasteiger charge is -2.22. The Morgan fingerprint density at radius 2 is 0.580 bits per heavy atom. The molecule has 0 fully saturated rings. The summed E-state index contributed by atoms with van der Waals surface area (Å²) in [7, 11) is 0. The topological polar surface area (TPSA) is 95.9 Å². The Morgan fingerprint density at radius 1 is 0.333 bits per heavy atom. The van der Waals surface area contributed by atoms with Crippen LogP contribution in [0, 0.1) is 0 Å². The van der Waals surface area contributed by atoms with Crippen LogP contribution in [0.3, 0.4) is 0 Å². The van der Waals surface area contributed by atoms with E-state index in [2.05, 4.69) is 31.3 Å². The summed E-state index contributed by atoms with van der Waals surface area (Å²) in [4.78, 5) is 24.7. The van der Waals surface area contributed by atoms with E-state index in [0.717, 1.165) is 38.5 Å². The maximum atomic E-state index is 12.6. The maximum Gasteiger partial charge on any atom is 0.305 e. The molecule has 0 rings (SSSR count). The standard InChI is InChI=1S/C75H147NO5/c1-3-5-7-9-11-13-15-17-19-21-22-23-24-26-29-32-36-39-43-47-51-55-59-63-67-73(78)72(71-77)76-74(79)68-64-60-56-52-48-44-40-37-33-30-27-25-28-31-34-38-42-46-50-54-58-62-66-70-81-75(80)69-65-61-57-53-49-45-41-35-20-18-16-14-12-10-8-6-4-2/h30,33,72-73,77-78H,3-29,31-32,34-71H2,1-2H3,(H,76,79)/b33-30-. The van der Waals surface area contributed by atoms with Crippen LogP contribution in [0.4, 0.5) is 0 Å². The zero-order chi connectivity index (χ0) is 58.5. The highest BCUT2D eigenvalue weighted by Crippen LogP contribution is 2.20. The van der Waals surface area contributed by atoms with Crippen LogP contribution < -0.4 is 5.32 Å². The van der Waals surface area contributed by atoms with Gasteiger partial charge in [-0.2, -0.15) is 0 Å². The van der Waals surface area contributed by atoms with Gasteiger partial charge in [-0.1, -0.05) is 379 Å². The van der Waals surface area contributed by atoms with Crippen molar-refractivity contribution in [3.8, 4) is 0 Å². The molecule has 0 heterocycles. The second-order valence-electron chi connectivity index (χ2n) is 26.0. The van der Waals surface area contributed by atoms with E-state index in [1.54, 1.807) is 0 Å². The zero-order valence-electron chi connectivity index (χ0n) is 55.3. The summed E-state index contributed by atoms with van der Waals surface area (Å²) in [6, 6.07) is -0.547. The second-order valence-corrected chi connectivity index (χ2v) is 26.0. The van der Waals surface area contributed by atoms with Crippen molar-refractivity contribution < 1.29 is 24.5 Å². The van der Waals surface area contributed by atoms with E-state index in [9.17, 15) is 19.8 Å². The monoisotopic (exact) mass is 1140 g/mol. The van der Waals surface area contributed by atoms with Crippen molar-refractivity contribution in [3.63, 3.8) is 0 Å². The Hall–Kier alpha value is -1.40. The summed E-state index contributed by atoms with van der Waals surface area (Å²) < 4.78 is 5.51. The van der Waals surface area contributed by atoms with Gasteiger partial charge in [0, 0.05) is 12.8 Å². The third-order valence-electron chi connectivity index (χ3n) is 17.8. The van der Waals surface area contributed by atoms with Crippen molar-refractivity contribution >= 4 is 11.9 Å². The van der Waals surface area contributed by atoms with Gasteiger partial charge in [-0.15, -0.1) is 0 Å². The molecule has 0 bridgehead atoms. The van der Waals surface area contributed by atoms with Crippen molar-refractivity contribution in [1.82, 2.24) is 5.32 Å². The molecule has 0 aliphatic heterocycles. The summed E-state index contributed by atoms with van der Waals surface area (Å²) in [6.45, 7) is 5.00. The number of hydrogen-bond donors (Lipinski definition) is 3. The van der Waals surface area contributed by atoms with E-state index in [1.807, 2.05) is 0 Å². The molecule has 0 spiro atoms. The van der Waals surface area contributed by atoms with Crippen molar-refractivity contribution in [2.75, 3.05) is 13.2 Å². The average molecular weight is 1140 g/mol. The van der Waals surface area contributed by atoms with Crippen LogP contribution in [0.1, 0.15) is 431 Å². The molecule has 0 aliphatic rings. The number of rotatable bonds is 71. The molecule has 482 valence electrons. The number of unbranched alkanes of at least 4 members (excludes halogenated alkanes) is 58. The molecule has 0 aliphatic carbocycles. The van der Waals surface area contributed by atoms with E-state index in [-0.39, 0.29) is 18.5 Å². The first-order valence-electron chi connectivity index (χ1n) is 37.4.